The molecule has 1 fully saturated rings. The van der Waals surface area contributed by atoms with Gasteiger partial charge < -0.3 is 11.1 Å². The number of amides is 1. The largest absolute Gasteiger partial charge is 0.327 e. The summed E-state index contributed by atoms with van der Waals surface area (Å²) in [7, 11) is 0. The van der Waals surface area contributed by atoms with Crippen molar-refractivity contribution in [3.8, 4) is 0 Å². The van der Waals surface area contributed by atoms with Gasteiger partial charge in [-0.25, -0.2) is 0 Å². The number of anilines is 1. The number of hydrogen-bond donors (Lipinski definition) is 2. The molecule has 0 saturated carbocycles. The number of para-hydroxylation sites is 1. The molecule has 116 valence electrons. The predicted molar refractivity (Wildman–Crippen MR) is 87.4 cm³/mol. The summed E-state index contributed by atoms with van der Waals surface area (Å²) in [4.78, 5) is 14.6. The molecule has 2 atom stereocenters. The highest BCUT2D eigenvalue weighted by Gasteiger charge is 2.26. The van der Waals surface area contributed by atoms with Gasteiger partial charge in [-0.15, -0.1) is 0 Å². The zero-order valence-corrected chi connectivity index (χ0v) is 13.4. The lowest BCUT2D eigenvalue weighted by molar-refractivity contribution is -0.118. The fraction of sp³-hybridized carbons (Fsp3) is 0.588. The van der Waals surface area contributed by atoms with E-state index in [4.69, 9.17) is 5.73 Å². The first kappa shape index (κ1) is 16.0. The van der Waals surface area contributed by atoms with Crippen LogP contribution in [0.1, 0.15) is 37.3 Å². The quantitative estimate of drug-likeness (QED) is 0.895. The topological polar surface area (TPSA) is 58.4 Å². The van der Waals surface area contributed by atoms with Crippen molar-refractivity contribution in [1.82, 2.24) is 4.90 Å². The third-order valence-corrected chi connectivity index (χ3v) is 4.36. The number of rotatable bonds is 4. The standard InChI is InChI=1S/C17H27N3O/c1-12-7-6-8-13(2)17(12)19-16(21)11-20-10-5-4-9-15(20)14(3)18/h6-8,14-15H,4-5,9-11,18H2,1-3H3,(H,19,21). The fourth-order valence-corrected chi connectivity index (χ4v) is 3.18. The first-order valence-electron chi connectivity index (χ1n) is 7.84. The number of carbonyl (C=O) groups is 1. The normalized spacial score (nSPS) is 21.0. The molecule has 0 bridgehead atoms. The van der Waals surface area contributed by atoms with Crippen LogP contribution in [0.15, 0.2) is 18.2 Å². The van der Waals surface area contributed by atoms with Crippen molar-refractivity contribution in [1.29, 1.82) is 0 Å². The molecule has 1 aromatic rings. The lowest BCUT2D eigenvalue weighted by Crippen LogP contribution is -2.51. The van der Waals surface area contributed by atoms with Crippen molar-refractivity contribution in [3.05, 3.63) is 29.3 Å². The van der Waals surface area contributed by atoms with Crippen LogP contribution in [0.3, 0.4) is 0 Å². The molecule has 2 rings (SSSR count). The minimum absolute atomic E-state index is 0.0555. The Balaban J connectivity index is 2.01. The number of piperidine rings is 1. The van der Waals surface area contributed by atoms with Gasteiger partial charge in [0.2, 0.25) is 5.91 Å². The summed E-state index contributed by atoms with van der Waals surface area (Å²) in [5.41, 5.74) is 9.21. The molecule has 2 unspecified atom stereocenters. The maximum Gasteiger partial charge on any atom is 0.238 e. The average molecular weight is 289 g/mol. The molecule has 3 N–H and O–H groups in total. The molecule has 0 spiro atoms. The Bertz CT molecular complexity index is 479. The molecule has 4 nitrogen and oxygen atoms in total. The first-order chi connectivity index (χ1) is 9.99. The summed E-state index contributed by atoms with van der Waals surface area (Å²) in [5, 5.41) is 3.06. The Hall–Kier alpha value is -1.39. The molecular formula is C17H27N3O. The van der Waals surface area contributed by atoms with Crippen molar-refractivity contribution in [3.63, 3.8) is 0 Å². The molecule has 1 amide bonds. The maximum atomic E-state index is 12.4. The van der Waals surface area contributed by atoms with E-state index in [9.17, 15) is 4.79 Å². The Kier molecular flexibility index (Phi) is 5.37. The lowest BCUT2D eigenvalue weighted by atomic mass is 9.97. The number of likely N-dealkylation sites (tertiary alicyclic amines) is 1. The van der Waals surface area contributed by atoms with Gasteiger partial charge in [-0.05, 0) is 51.3 Å². The highest BCUT2D eigenvalue weighted by Crippen LogP contribution is 2.21. The van der Waals surface area contributed by atoms with Gasteiger partial charge in [-0.1, -0.05) is 24.6 Å². The number of aryl methyl sites for hydroxylation is 2. The number of carbonyl (C=O) groups excluding carboxylic acids is 1. The van der Waals surface area contributed by atoms with Gasteiger partial charge in [0.05, 0.1) is 6.54 Å². The molecular weight excluding hydrogens is 262 g/mol. The number of nitrogens with zero attached hydrogens (tertiary/aromatic N) is 1. The smallest absolute Gasteiger partial charge is 0.238 e. The van der Waals surface area contributed by atoms with E-state index >= 15 is 0 Å². The molecule has 0 aromatic heterocycles. The van der Waals surface area contributed by atoms with Crippen LogP contribution in [0.4, 0.5) is 5.69 Å². The van der Waals surface area contributed by atoms with Crippen molar-refractivity contribution in [2.75, 3.05) is 18.4 Å². The summed E-state index contributed by atoms with van der Waals surface area (Å²) >= 11 is 0. The molecule has 0 radical (unpaired) electrons. The zero-order chi connectivity index (χ0) is 15.4. The van der Waals surface area contributed by atoms with Crippen LogP contribution < -0.4 is 11.1 Å². The van der Waals surface area contributed by atoms with E-state index in [0.717, 1.165) is 36.2 Å². The van der Waals surface area contributed by atoms with Crippen LogP contribution in [0.5, 0.6) is 0 Å². The fourth-order valence-electron chi connectivity index (χ4n) is 3.18. The third-order valence-electron chi connectivity index (χ3n) is 4.36. The molecule has 4 heteroatoms. The highest BCUT2D eigenvalue weighted by atomic mass is 16.2. The Morgan fingerprint density at radius 1 is 1.38 bits per heavy atom. The van der Waals surface area contributed by atoms with E-state index < -0.39 is 0 Å². The average Bonchev–Trinajstić information content (AvgIpc) is 2.43. The van der Waals surface area contributed by atoms with Gasteiger partial charge >= 0.3 is 0 Å². The number of nitrogens with two attached hydrogens (primary N) is 1. The second kappa shape index (κ2) is 7.05. The zero-order valence-electron chi connectivity index (χ0n) is 13.4. The summed E-state index contributed by atoms with van der Waals surface area (Å²) in [6.45, 7) is 7.47. The minimum atomic E-state index is 0.0555. The molecule has 1 heterocycles. The second-order valence-corrected chi connectivity index (χ2v) is 6.21. The van der Waals surface area contributed by atoms with E-state index in [2.05, 4.69) is 10.2 Å². The van der Waals surface area contributed by atoms with E-state index in [1.165, 1.54) is 6.42 Å². The Morgan fingerprint density at radius 2 is 2.05 bits per heavy atom. The van der Waals surface area contributed by atoms with E-state index in [-0.39, 0.29) is 11.9 Å². The Labute approximate surface area is 127 Å². The molecule has 1 saturated heterocycles. The summed E-state index contributed by atoms with van der Waals surface area (Å²) in [5.74, 6) is 0.0555. The van der Waals surface area contributed by atoms with Gasteiger partial charge in [-0.3, -0.25) is 9.69 Å². The van der Waals surface area contributed by atoms with Crippen molar-refractivity contribution in [2.45, 2.75) is 52.1 Å². The van der Waals surface area contributed by atoms with Crippen LogP contribution in [-0.4, -0.2) is 36.0 Å². The van der Waals surface area contributed by atoms with E-state index in [1.807, 2.05) is 39.0 Å². The lowest BCUT2D eigenvalue weighted by Gasteiger charge is -2.37. The molecule has 21 heavy (non-hydrogen) atoms. The third kappa shape index (κ3) is 4.05. The predicted octanol–water partition coefficient (Wildman–Crippen LogP) is 2.44. The van der Waals surface area contributed by atoms with Crippen LogP contribution in [0.25, 0.3) is 0 Å². The number of hydrogen-bond acceptors (Lipinski definition) is 3. The van der Waals surface area contributed by atoms with Gasteiger partial charge in [0.25, 0.3) is 0 Å². The van der Waals surface area contributed by atoms with Crippen LogP contribution in [-0.2, 0) is 4.79 Å². The van der Waals surface area contributed by atoms with E-state index in [1.54, 1.807) is 0 Å². The summed E-state index contributed by atoms with van der Waals surface area (Å²) in [6, 6.07) is 6.49. The van der Waals surface area contributed by atoms with Gasteiger partial charge in [0.15, 0.2) is 0 Å². The summed E-state index contributed by atoms with van der Waals surface area (Å²) in [6.07, 6.45) is 3.45. The molecule has 1 aromatic carbocycles. The number of benzene rings is 1. The second-order valence-electron chi connectivity index (χ2n) is 6.21. The van der Waals surface area contributed by atoms with Gasteiger partial charge in [-0.2, -0.15) is 0 Å². The monoisotopic (exact) mass is 289 g/mol. The Morgan fingerprint density at radius 3 is 2.67 bits per heavy atom. The molecule has 1 aliphatic heterocycles. The van der Waals surface area contributed by atoms with E-state index in [0.29, 0.717) is 12.6 Å². The van der Waals surface area contributed by atoms with Crippen LogP contribution in [0.2, 0.25) is 0 Å². The molecule has 1 aliphatic rings. The number of nitrogens with one attached hydrogen (secondary N) is 1. The van der Waals surface area contributed by atoms with Crippen molar-refractivity contribution in [2.24, 2.45) is 5.73 Å². The maximum absolute atomic E-state index is 12.4. The van der Waals surface area contributed by atoms with Gasteiger partial charge in [0.1, 0.15) is 0 Å². The summed E-state index contributed by atoms with van der Waals surface area (Å²) < 4.78 is 0. The highest BCUT2D eigenvalue weighted by molar-refractivity contribution is 5.93. The minimum Gasteiger partial charge on any atom is -0.327 e. The van der Waals surface area contributed by atoms with Crippen molar-refractivity contribution >= 4 is 11.6 Å². The molecule has 0 aliphatic carbocycles. The SMILES string of the molecule is Cc1cccc(C)c1NC(=O)CN1CCCCC1C(C)N. The van der Waals surface area contributed by atoms with Crippen molar-refractivity contribution < 1.29 is 4.79 Å². The first-order valence-corrected chi connectivity index (χ1v) is 7.84. The van der Waals surface area contributed by atoms with Crippen LogP contribution in [0, 0.1) is 13.8 Å². The van der Waals surface area contributed by atoms with Gasteiger partial charge in [0, 0.05) is 17.8 Å². The van der Waals surface area contributed by atoms with Crippen LogP contribution >= 0.6 is 0 Å².